The van der Waals surface area contributed by atoms with Gasteiger partial charge in [-0.15, -0.1) is 0 Å². The lowest BCUT2D eigenvalue weighted by Crippen LogP contribution is -2.48. The first-order chi connectivity index (χ1) is 8.29. The third-order valence-electron chi connectivity index (χ3n) is 4.47. The van der Waals surface area contributed by atoms with Gasteiger partial charge < -0.3 is 10.2 Å². The minimum atomic E-state index is 0.814. The largest absolute Gasteiger partial charge is 0.317 e. The van der Waals surface area contributed by atoms with Gasteiger partial charge in [-0.05, 0) is 64.8 Å². The standard InChI is InChI=1S/C14H29N3/c1-3-17(11-13-6-8-15-9-7-13)14-5-4-10-16(2)12-14/h13-15H,3-12H2,1-2H3. The van der Waals surface area contributed by atoms with Gasteiger partial charge in [0.1, 0.15) is 0 Å². The minimum Gasteiger partial charge on any atom is -0.317 e. The summed E-state index contributed by atoms with van der Waals surface area (Å²) in [5, 5.41) is 3.47. The lowest BCUT2D eigenvalue weighted by Gasteiger charge is -2.39. The van der Waals surface area contributed by atoms with E-state index in [0.717, 1.165) is 12.0 Å². The van der Waals surface area contributed by atoms with E-state index >= 15 is 0 Å². The Morgan fingerprint density at radius 3 is 2.65 bits per heavy atom. The van der Waals surface area contributed by atoms with Crippen LogP contribution >= 0.6 is 0 Å². The summed E-state index contributed by atoms with van der Waals surface area (Å²) in [7, 11) is 2.27. The second-order valence-electron chi connectivity index (χ2n) is 5.84. The maximum atomic E-state index is 3.47. The first-order valence-corrected chi connectivity index (χ1v) is 7.43. The number of nitrogens with zero attached hydrogens (tertiary/aromatic N) is 2. The first kappa shape index (κ1) is 13.3. The second-order valence-corrected chi connectivity index (χ2v) is 5.84. The van der Waals surface area contributed by atoms with Crippen LogP contribution in [0.1, 0.15) is 32.6 Å². The maximum absolute atomic E-state index is 3.47. The van der Waals surface area contributed by atoms with Gasteiger partial charge in [0, 0.05) is 19.1 Å². The fourth-order valence-corrected chi connectivity index (χ4v) is 3.37. The van der Waals surface area contributed by atoms with Gasteiger partial charge in [-0.3, -0.25) is 4.90 Å². The second kappa shape index (κ2) is 6.72. The maximum Gasteiger partial charge on any atom is 0.0223 e. The predicted octanol–water partition coefficient (Wildman–Crippen LogP) is 1.40. The van der Waals surface area contributed by atoms with Crippen molar-refractivity contribution < 1.29 is 0 Å². The number of piperidine rings is 2. The average molecular weight is 239 g/mol. The van der Waals surface area contributed by atoms with E-state index in [1.807, 2.05) is 0 Å². The highest BCUT2D eigenvalue weighted by Gasteiger charge is 2.25. The van der Waals surface area contributed by atoms with Gasteiger partial charge >= 0.3 is 0 Å². The zero-order valence-electron chi connectivity index (χ0n) is 11.6. The van der Waals surface area contributed by atoms with Crippen LogP contribution in [-0.2, 0) is 0 Å². The number of rotatable bonds is 4. The summed E-state index contributed by atoms with van der Waals surface area (Å²) in [6.07, 6.45) is 5.53. The van der Waals surface area contributed by atoms with Crippen LogP contribution in [-0.4, -0.2) is 62.2 Å². The molecule has 100 valence electrons. The molecule has 0 amide bonds. The molecule has 0 saturated carbocycles. The van der Waals surface area contributed by atoms with Crippen molar-refractivity contribution in [3.8, 4) is 0 Å². The van der Waals surface area contributed by atoms with Crippen molar-refractivity contribution in [2.45, 2.75) is 38.6 Å². The normalized spacial score (nSPS) is 28.8. The molecule has 1 unspecified atom stereocenters. The Balaban J connectivity index is 1.82. The number of hydrogen-bond donors (Lipinski definition) is 1. The topological polar surface area (TPSA) is 18.5 Å². The molecule has 17 heavy (non-hydrogen) atoms. The van der Waals surface area contributed by atoms with Crippen molar-refractivity contribution in [2.75, 3.05) is 46.3 Å². The summed E-state index contributed by atoms with van der Waals surface area (Å²) in [6, 6.07) is 0.814. The Morgan fingerprint density at radius 2 is 2.00 bits per heavy atom. The van der Waals surface area contributed by atoms with E-state index in [4.69, 9.17) is 0 Å². The van der Waals surface area contributed by atoms with Crippen molar-refractivity contribution in [2.24, 2.45) is 5.92 Å². The molecular formula is C14H29N3. The van der Waals surface area contributed by atoms with Gasteiger partial charge in [0.25, 0.3) is 0 Å². The van der Waals surface area contributed by atoms with Crippen LogP contribution in [0, 0.1) is 5.92 Å². The molecule has 2 aliphatic heterocycles. The highest BCUT2D eigenvalue weighted by Crippen LogP contribution is 2.19. The summed E-state index contributed by atoms with van der Waals surface area (Å²) in [4.78, 5) is 5.24. The highest BCUT2D eigenvalue weighted by molar-refractivity contribution is 4.81. The van der Waals surface area contributed by atoms with Crippen LogP contribution in [0.4, 0.5) is 0 Å². The quantitative estimate of drug-likeness (QED) is 0.800. The summed E-state index contributed by atoms with van der Waals surface area (Å²) in [5.74, 6) is 0.934. The van der Waals surface area contributed by atoms with Crippen LogP contribution in [0.25, 0.3) is 0 Å². The Kier molecular flexibility index (Phi) is 5.26. The van der Waals surface area contributed by atoms with E-state index < -0.39 is 0 Å². The smallest absolute Gasteiger partial charge is 0.0223 e. The van der Waals surface area contributed by atoms with E-state index in [-0.39, 0.29) is 0 Å². The fraction of sp³-hybridized carbons (Fsp3) is 1.00. The van der Waals surface area contributed by atoms with Crippen LogP contribution in [0.2, 0.25) is 0 Å². The van der Waals surface area contributed by atoms with Gasteiger partial charge in [-0.25, -0.2) is 0 Å². The lowest BCUT2D eigenvalue weighted by atomic mass is 9.95. The Labute approximate surface area is 107 Å². The van der Waals surface area contributed by atoms with Crippen molar-refractivity contribution in [1.29, 1.82) is 0 Å². The number of nitrogens with one attached hydrogen (secondary N) is 1. The van der Waals surface area contributed by atoms with Crippen LogP contribution in [0.5, 0.6) is 0 Å². The highest BCUT2D eigenvalue weighted by atomic mass is 15.2. The minimum absolute atomic E-state index is 0.814. The molecule has 2 heterocycles. The third-order valence-corrected chi connectivity index (χ3v) is 4.47. The molecule has 1 N–H and O–H groups in total. The van der Waals surface area contributed by atoms with E-state index in [1.54, 1.807) is 0 Å². The summed E-state index contributed by atoms with van der Waals surface area (Å²) in [5.41, 5.74) is 0. The molecule has 0 aliphatic carbocycles. The summed E-state index contributed by atoms with van der Waals surface area (Å²) >= 11 is 0. The van der Waals surface area contributed by atoms with Crippen molar-refractivity contribution in [1.82, 2.24) is 15.1 Å². The molecule has 2 rings (SSSR count). The first-order valence-electron chi connectivity index (χ1n) is 7.43. The number of likely N-dealkylation sites (N-methyl/N-ethyl adjacent to an activating group) is 2. The zero-order chi connectivity index (χ0) is 12.1. The molecule has 3 heteroatoms. The van der Waals surface area contributed by atoms with Crippen LogP contribution < -0.4 is 5.32 Å². The van der Waals surface area contributed by atoms with Gasteiger partial charge in [-0.1, -0.05) is 6.92 Å². The van der Waals surface area contributed by atoms with Gasteiger partial charge in [-0.2, -0.15) is 0 Å². The SMILES string of the molecule is CCN(CC1CCNCC1)C1CCCN(C)C1. The zero-order valence-corrected chi connectivity index (χ0v) is 11.6. The van der Waals surface area contributed by atoms with Crippen molar-refractivity contribution in [3.05, 3.63) is 0 Å². The van der Waals surface area contributed by atoms with E-state index in [1.165, 1.54) is 65.0 Å². The molecule has 0 bridgehead atoms. The molecule has 0 spiro atoms. The van der Waals surface area contributed by atoms with Crippen LogP contribution in [0.3, 0.4) is 0 Å². The van der Waals surface area contributed by atoms with Gasteiger partial charge in [0.2, 0.25) is 0 Å². The van der Waals surface area contributed by atoms with Gasteiger partial charge in [0.15, 0.2) is 0 Å². The van der Waals surface area contributed by atoms with Crippen molar-refractivity contribution in [3.63, 3.8) is 0 Å². The average Bonchev–Trinajstić information content (AvgIpc) is 2.37. The van der Waals surface area contributed by atoms with Crippen molar-refractivity contribution >= 4 is 0 Å². The Hall–Kier alpha value is -0.120. The van der Waals surface area contributed by atoms with E-state index in [0.29, 0.717) is 0 Å². The molecule has 2 aliphatic rings. The molecule has 0 aromatic carbocycles. The molecule has 2 fully saturated rings. The molecule has 0 aromatic heterocycles. The molecule has 1 atom stereocenters. The third kappa shape index (κ3) is 3.94. The lowest BCUT2D eigenvalue weighted by molar-refractivity contribution is 0.0954. The van der Waals surface area contributed by atoms with Crippen LogP contribution in [0.15, 0.2) is 0 Å². The summed E-state index contributed by atoms with van der Waals surface area (Å²) in [6.45, 7) is 9.91. The molecule has 2 saturated heterocycles. The number of hydrogen-bond acceptors (Lipinski definition) is 3. The van der Waals surface area contributed by atoms with Gasteiger partial charge in [0.05, 0.1) is 0 Å². The Morgan fingerprint density at radius 1 is 1.24 bits per heavy atom. The molecule has 3 nitrogen and oxygen atoms in total. The monoisotopic (exact) mass is 239 g/mol. The van der Waals surface area contributed by atoms with E-state index in [2.05, 4.69) is 29.1 Å². The Bertz CT molecular complexity index is 214. The molecule has 0 aromatic rings. The van der Waals surface area contributed by atoms with E-state index in [9.17, 15) is 0 Å². The number of likely N-dealkylation sites (tertiary alicyclic amines) is 1. The molecular weight excluding hydrogens is 210 g/mol. The summed E-state index contributed by atoms with van der Waals surface area (Å²) < 4.78 is 0. The molecule has 0 radical (unpaired) electrons. The predicted molar refractivity (Wildman–Crippen MR) is 73.4 cm³/mol. The fourth-order valence-electron chi connectivity index (χ4n) is 3.37.